The molecular weight excluding hydrogens is 821 g/mol. The second-order valence-electron chi connectivity index (χ2n) is 17.2. The van der Waals surface area contributed by atoms with E-state index in [-0.39, 0.29) is 0 Å². The zero-order valence-corrected chi connectivity index (χ0v) is 36.3. The molecule has 0 aliphatic rings. The maximum atomic E-state index is 5.32. The molecule has 0 N–H and O–H groups in total. The Labute approximate surface area is 383 Å². The van der Waals surface area contributed by atoms with Gasteiger partial charge in [0.15, 0.2) is 17.5 Å². The minimum Gasteiger partial charge on any atom is -0.309 e. The lowest BCUT2D eigenvalue weighted by Crippen LogP contribution is -2.02. The van der Waals surface area contributed by atoms with Crippen LogP contribution in [0, 0.1) is 0 Å². The third-order valence-electron chi connectivity index (χ3n) is 13.3. The molecule has 11 aromatic carbocycles. The minimum atomic E-state index is 0.617. The Kier molecular flexibility index (Phi) is 8.12. The van der Waals surface area contributed by atoms with Crippen molar-refractivity contribution in [2.24, 2.45) is 0 Å². The highest BCUT2D eigenvalue weighted by molar-refractivity contribution is 7.25. The smallest absolute Gasteiger partial charge is 0.164 e. The zero-order chi connectivity index (χ0) is 43.3. The molecule has 0 fully saturated rings. The Morgan fingerprint density at radius 1 is 0.288 bits per heavy atom. The fourth-order valence-electron chi connectivity index (χ4n) is 10.1. The van der Waals surface area contributed by atoms with Crippen LogP contribution < -0.4 is 0 Å². The first-order valence-corrected chi connectivity index (χ1v) is 23.1. The van der Waals surface area contributed by atoms with Crippen molar-refractivity contribution in [3.63, 3.8) is 0 Å². The first-order valence-electron chi connectivity index (χ1n) is 22.3. The van der Waals surface area contributed by atoms with E-state index in [1.807, 2.05) is 11.3 Å². The maximum absolute atomic E-state index is 5.32. The van der Waals surface area contributed by atoms with Crippen LogP contribution in [0.2, 0.25) is 0 Å². The molecule has 0 saturated carbocycles. The van der Waals surface area contributed by atoms with Gasteiger partial charge in [-0.15, -0.1) is 11.3 Å². The second kappa shape index (κ2) is 14.5. The number of hydrogen-bond acceptors (Lipinski definition) is 4. The standard InChI is InChI=1S/C61H36N4S/c1-3-13-39-29-46(23-21-37(39)11-1)59-62-60(47-24-22-38-12-2-4-14-40(38)30-47)64-61(63-59)48-26-28-54(51(33-48)45-25-27-50-49-19-9-10-20-57(49)66-58(50)36-45)65-55-34-43-17-7-5-15-41(43)31-52(55)53-32-42-16-6-8-18-44(42)35-56(53)65/h1-36H. The van der Waals surface area contributed by atoms with Crippen LogP contribution in [0.25, 0.3) is 136 Å². The number of thiophene rings is 1. The van der Waals surface area contributed by atoms with Crippen molar-refractivity contribution >= 4 is 96.4 Å². The van der Waals surface area contributed by atoms with E-state index in [1.54, 1.807) is 0 Å². The Hall–Kier alpha value is -8.51. The molecule has 0 radical (unpaired) electrons. The van der Waals surface area contributed by atoms with E-state index in [2.05, 4.69) is 223 Å². The van der Waals surface area contributed by atoms with Gasteiger partial charge in [-0.1, -0.05) is 152 Å². The molecule has 0 saturated heterocycles. The average molecular weight is 857 g/mol. The first-order chi connectivity index (χ1) is 32.6. The lowest BCUT2D eigenvalue weighted by Gasteiger charge is -2.17. The van der Waals surface area contributed by atoms with Gasteiger partial charge in [0.1, 0.15) is 0 Å². The molecule has 3 heterocycles. The number of hydrogen-bond donors (Lipinski definition) is 0. The van der Waals surface area contributed by atoms with Crippen LogP contribution in [0.1, 0.15) is 0 Å². The number of benzene rings is 11. The lowest BCUT2D eigenvalue weighted by atomic mass is 9.98. The van der Waals surface area contributed by atoms with E-state index >= 15 is 0 Å². The van der Waals surface area contributed by atoms with Gasteiger partial charge in [-0.05, 0) is 115 Å². The first kappa shape index (κ1) is 36.9. The lowest BCUT2D eigenvalue weighted by molar-refractivity contribution is 1.07. The van der Waals surface area contributed by atoms with Crippen LogP contribution in [-0.2, 0) is 0 Å². The van der Waals surface area contributed by atoms with E-state index < -0.39 is 0 Å². The number of nitrogens with zero attached hydrogens (tertiary/aromatic N) is 4. The van der Waals surface area contributed by atoms with Gasteiger partial charge in [0.2, 0.25) is 0 Å². The summed E-state index contributed by atoms with van der Waals surface area (Å²) in [6, 6.07) is 79.0. The van der Waals surface area contributed by atoms with Gasteiger partial charge in [-0.25, -0.2) is 15.0 Å². The van der Waals surface area contributed by atoms with Gasteiger partial charge >= 0.3 is 0 Å². The minimum absolute atomic E-state index is 0.617. The Bertz CT molecular complexity index is 4120. The monoisotopic (exact) mass is 856 g/mol. The third-order valence-corrected chi connectivity index (χ3v) is 14.5. The van der Waals surface area contributed by atoms with Crippen molar-refractivity contribution in [1.29, 1.82) is 0 Å². The molecule has 0 aliphatic carbocycles. The molecule has 14 rings (SSSR count). The highest BCUT2D eigenvalue weighted by atomic mass is 32.1. The van der Waals surface area contributed by atoms with Gasteiger partial charge in [0.05, 0.1) is 16.7 Å². The molecule has 14 aromatic rings. The average Bonchev–Trinajstić information content (AvgIpc) is 3.90. The SMILES string of the molecule is c1ccc2cc(-c3nc(-c4ccc(-n5c6cc7ccccc7cc6c6cc7ccccc7cc65)c(-c5ccc6c(c5)sc5ccccc56)c4)nc(-c4ccc5ccccc5c4)n3)ccc2c1. The Morgan fingerprint density at radius 3 is 1.27 bits per heavy atom. The molecule has 0 unspecified atom stereocenters. The molecule has 5 heteroatoms. The summed E-state index contributed by atoms with van der Waals surface area (Å²) in [7, 11) is 0. The van der Waals surface area contributed by atoms with Crippen LogP contribution >= 0.6 is 11.3 Å². The van der Waals surface area contributed by atoms with Crippen molar-refractivity contribution in [2.45, 2.75) is 0 Å². The fraction of sp³-hybridized carbons (Fsp3) is 0. The van der Waals surface area contributed by atoms with Crippen molar-refractivity contribution in [3.8, 4) is 51.0 Å². The largest absolute Gasteiger partial charge is 0.309 e. The normalized spacial score (nSPS) is 11.9. The number of rotatable bonds is 5. The molecule has 3 aromatic heterocycles. The topological polar surface area (TPSA) is 43.6 Å². The van der Waals surface area contributed by atoms with Crippen LogP contribution in [-0.4, -0.2) is 19.5 Å². The summed E-state index contributed by atoms with van der Waals surface area (Å²) in [5.41, 5.74) is 8.42. The van der Waals surface area contributed by atoms with Crippen LogP contribution in [0.5, 0.6) is 0 Å². The maximum Gasteiger partial charge on any atom is 0.164 e. The van der Waals surface area contributed by atoms with E-state index in [1.165, 1.54) is 63.3 Å². The number of fused-ring (bicyclic) bond motifs is 10. The molecular formula is C61H36N4S. The van der Waals surface area contributed by atoms with Crippen molar-refractivity contribution in [3.05, 3.63) is 218 Å². The molecule has 306 valence electrons. The summed E-state index contributed by atoms with van der Waals surface area (Å²) >= 11 is 1.84. The molecule has 4 nitrogen and oxygen atoms in total. The van der Waals surface area contributed by atoms with E-state index in [0.29, 0.717) is 17.5 Å². The van der Waals surface area contributed by atoms with Crippen LogP contribution in [0.3, 0.4) is 0 Å². The predicted molar refractivity (Wildman–Crippen MR) is 279 cm³/mol. The van der Waals surface area contributed by atoms with Gasteiger partial charge in [0.25, 0.3) is 0 Å². The van der Waals surface area contributed by atoms with E-state index in [0.717, 1.165) is 55.3 Å². The van der Waals surface area contributed by atoms with Crippen molar-refractivity contribution in [2.75, 3.05) is 0 Å². The van der Waals surface area contributed by atoms with Gasteiger partial charge in [-0.3, -0.25) is 0 Å². The summed E-state index contributed by atoms with van der Waals surface area (Å²) in [6.07, 6.45) is 0. The molecule has 66 heavy (non-hydrogen) atoms. The summed E-state index contributed by atoms with van der Waals surface area (Å²) in [4.78, 5) is 15.8. The predicted octanol–water partition coefficient (Wildman–Crippen LogP) is 16.6. The van der Waals surface area contributed by atoms with E-state index in [4.69, 9.17) is 15.0 Å². The second-order valence-corrected chi connectivity index (χ2v) is 18.3. The summed E-state index contributed by atoms with van der Waals surface area (Å²) < 4.78 is 5.01. The summed E-state index contributed by atoms with van der Waals surface area (Å²) in [5, 5.41) is 14.5. The van der Waals surface area contributed by atoms with Gasteiger partial charge < -0.3 is 4.57 Å². The molecule has 0 aliphatic heterocycles. The highest BCUT2D eigenvalue weighted by Crippen LogP contribution is 2.43. The summed E-state index contributed by atoms with van der Waals surface area (Å²) in [6.45, 7) is 0. The van der Waals surface area contributed by atoms with Crippen molar-refractivity contribution in [1.82, 2.24) is 19.5 Å². The van der Waals surface area contributed by atoms with Crippen LogP contribution in [0.15, 0.2) is 218 Å². The molecule has 0 atom stereocenters. The molecule has 0 spiro atoms. The fourth-order valence-corrected chi connectivity index (χ4v) is 11.2. The van der Waals surface area contributed by atoms with Crippen molar-refractivity contribution < 1.29 is 0 Å². The zero-order valence-electron chi connectivity index (χ0n) is 35.5. The summed E-state index contributed by atoms with van der Waals surface area (Å²) in [5.74, 6) is 1.88. The quantitative estimate of drug-likeness (QED) is 0.173. The van der Waals surface area contributed by atoms with E-state index in [9.17, 15) is 0 Å². The molecule has 0 bridgehead atoms. The van der Waals surface area contributed by atoms with Gasteiger partial charge in [-0.2, -0.15) is 0 Å². The highest BCUT2D eigenvalue weighted by Gasteiger charge is 2.21. The number of aromatic nitrogens is 4. The van der Waals surface area contributed by atoms with Crippen LogP contribution in [0.4, 0.5) is 0 Å². The third kappa shape index (κ3) is 5.94. The Morgan fingerprint density at radius 2 is 0.712 bits per heavy atom. The van der Waals surface area contributed by atoms with Gasteiger partial charge in [0, 0.05) is 53.2 Å². The molecule has 0 amide bonds. The Balaban J connectivity index is 1.05.